The van der Waals surface area contributed by atoms with Crippen molar-refractivity contribution in [2.75, 3.05) is 5.32 Å². The summed E-state index contributed by atoms with van der Waals surface area (Å²) in [5.41, 5.74) is 2.13. The average molecular weight is 509 g/mol. The number of rotatable bonds is 4. The maximum atomic E-state index is 14.4. The Morgan fingerprint density at radius 2 is 1.53 bits per heavy atom. The number of ketones is 2. The summed E-state index contributed by atoms with van der Waals surface area (Å²) in [6.07, 6.45) is 3.88. The number of nitrogens with zero attached hydrogens (tertiary/aromatic N) is 1. The Morgan fingerprint density at radius 3 is 2.28 bits per heavy atom. The number of carbonyl (C=O) groups is 3. The smallest absolute Gasteiger partial charge is 0.238 e. The minimum absolute atomic E-state index is 0.136. The third kappa shape index (κ3) is 2.72. The van der Waals surface area contributed by atoms with Crippen LogP contribution < -0.4 is 5.32 Å². The first-order valence-corrected chi connectivity index (χ1v) is 13.5. The number of benzene rings is 2. The van der Waals surface area contributed by atoms with Crippen molar-refractivity contribution in [1.82, 2.24) is 4.90 Å². The maximum absolute atomic E-state index is 14.4. The van der Waals surface area contributed by atoms with Gasteiger partial charge >= 0.3 is 0 Å². The molecule has 7 rings (SSSR count). The van der Waals surface area contributed by atoms with Crippen LogP contribution in [0.4, 0.5) is 5.69 Å². The predicted octanol–water partition coefficient (Wildman–Crippen LogP) is 5.79. The molecular weight excluding hydrogens is 488 g/mol. The highest BCUT2D eigenvalue weighted by atomic mass is 32.1. The van der Waals surface area contributed by atoms with Crippen LogP contribution in [0.15, 0.2) is 89.8 Å². The first-order chi connectivity index (χ1) is 17.6. The lowest BCUT2D eigenvalue weighted by Gasteiger charge is -2.38. The van der Waals surface area contributed by atoms with E-state index in [0.29, 0.717) is 15.4 Å². The zero-order valence-corrected chi connectivity index (χ0v) is 20.6. The van der Waals surface area contributed by atoms with Crippen molar-refractivity contribution in [3.8, 4) is 0 Å². The van der Waals surface area contributed by atoms with Crippen molar-refractivity contribution in [2.24, 2.45) is 5.92 Å². The Labute approximate surface area is 215 Å². The van der Waals surface area contributed by atoms with Crippen molar-refractivity contribution in [3.63, 3.8) is 0 Å². The fourth-order valence-corrected chi connectivity index (χ4v) is 7.71. The summed E-state index contributed by atoms with van der Waals surface area (Å²) in [6, 6.07) is 21.4. The Balaban J connectivity index is 1.56. The Morgan fingerprint density at radius 1 is 0.833 bits per heavy atom. The van der Waals surface area contributed by atoms with Crippen LogP contribution in [0.2, 0.25) is 0 Å². The van der Waals surface area contributed by atoms with Gasteiger partial charge in [-0.3, -0.25) is 14.4 Å². The first-order valence-electron chi connectivity index (χ1n) is 11.7. The normalized spacial score (nSPS) is 25.4. The molecule has 176 valence electrons. The lowest BCUT2D eigenvalue weighted by atomic mass is 9.63. The van der Waals surface area contributed by atoms with Gasteiger partial charge < -0.3 is 10.2 Å². The lowest BCUT2D eigenvalue weighted by molar-refractivity contribution is -0.122. The number of para-hydroxylation sites is 1. The molecule has 0 radical (unpaired) electrons. The number of amides is 1. The topological polar surface area (TPSA) is 66.5 Å². The lowest BCUT2D eigenvalue weighted by Crippen LogP contribution is -2.49. The molecular formula is C29H20N2O3S2. The van der Waals surface area contributed by atoms with E-state index in [0.717, 1.165) is 16.7 Å². The number of Topliss-reactive ketones (excluding diaryl/α,β-unsaturated/α-hetero) is 2. The standard InChI is InChI=1S/C29H20N2O3S2/c32-25(21-11-5-15-35-21)23-24(26(33)22-12-6-16-36-22)31-14-13-17-7-1-2-8-18(17)27(31)29(23)19-9-3-4-10-20(19)30-28(29)34/h1-16,23-24,27H,(H,30,34). The zero-order chi connectivity index (χ0) is 24.4. The summed E-state index contributed by atoms with van der Waals surface area (Å²) in [4.78, 5) is 45.9. The summed E-state index contributed by atoms with van der Waals surface area (Å²) in [5.74, 6) is -1.45. The minimum atomic E-state index is -1.27. The summed E-state index contributed by atoms with van der Waals surface area (Å²) < 4.78 is 0. The molecule has 4 aromatic rings. The van der Waals surface area contributed by atoms with Crippen LogP contribution in [0.3, 0.4) is 0 Å². The first kappa shape index (κ1) is 21.5. The van der Waals surface area contributed by atoms with Crippen molar-refractivity contribution in [3.05, 3.63) is 116 Å². The molecule has 5 nitrogen and oxygen atoms in total. The second kappa shape index (κ2) is 7.85. The van der Waals surface area contributed by atoms with Gasteiger partial charge in [0.05, 0.1) is 21.7 Å². The van der Waals surface area contributed by atoms with E-state index in [1.54, 1.807) is 12.1 Å². The number of hydrogen-bond acceptors (Lipinski definition) is 6. The number of thiophene rings is 2. The molecule has 1 amide bonds. The van der Waals surface area contributed by atoms with E-state index in [9.17, 15) is 14.4 Å². The molecule has 1 N–H and O–H groups in total. The fraction of sp³-hybridized carbons (Fsp3) is 0.138. The third-order valence-corrected chi connectivity index (χ3v) is 9.42. The summed E-state index contributed by atoms with van der Waals surface area (Å²) in [5, 5.41) is 6.79. The molecule has 36 heavy (non-hydrogen) atoms. The largest absolute Gasteiger partial charge is 0.358 e. The molecule has 3 aliphatic heterocycles. The highest BCUT2D eigenvalue weighted by Crippen LogP contribution is 2.62. The molecule has 3 aliphatic rings. The van der Waals surface area contributed by atoms with Crippen LogP contribution in [0.5, 0.6) is 0 Å². The molecule has 2 aromatic carbocycles. The van der Waals surface area contributed by atoms with Gasteiger partial charge in [0, 0.05) is 11.9 Å². The number of hydrogen-bond donors (Lipinski definition) is 1. The molecule has 1 spiro atoms. The summed E-state index contributed by atoms with van der Waals surface area (Å²) in [6.45, 7) is 0. The van der Waals surface area contributed by atoms with E-state index in [1.807, 2.05) is 88.6 Å². The molecule has 4 atom stereocenters. The van der Waals surface area contributed by atoms with Gasteiger partial charge in [0.1, 0.15) is 11.5 Å². The number of nitrogens with one attached hydrogen (secondary N) is 1. The van der Waals surface area contributed by atoms with Crippen molar-refractivity contribution >= 4 is 51.9 Å². The second-order valence-corrected chi connectivity index (χ2v) is 11.2. The Kier molecular flexibility index (Phi) is 4.68. The van der Waals surface area contributed by atoms with Gasteiger partial charge in [-0.1, -0.05) is 54.6 Å². The van der Waals surface area contributed by atoms with Crippen molar-refractivity contribution in [2.45, 2.75) is 17.5 Å². The van der Waals surface area contributed by atoms with Gasteiger partial charge in [-0.15, -0.1) is 22.7 Å². The van der Waals surface area contributed by atoms with Gasteiger partial charge in [-0.25, -0.2) is 0 Å². The second-order valence-electron chi connectivity index (χ2n) is 9.27. The SMILES string of the molecule is O=C(c1cccs1)C1C(C(=O)c2cccs2)C2(C(=O)Nc3ccccc32)C2c3ccccc3C=CN12. The Bertz CT molecular complexity index is 1560. The van der Waals surface area contributed by atoms with Crippen LogP contribution >= 0.6 is 22.7 Å². The van der Waals surface area contributed by atoms with E-state index in [2.05, 4.69) is 5.32 Å². The highest BCUT2D eigenvalue weighted by Gasteiger charge is 2.70. The van der Waals surface area contributed by atoms with E-state index >= 15 is 0 Å². The zero-order valence-electron chi connectivity index (χ0n) is 19.0. The van der Waals surface area contributed by atoms with Crippen molar-refractivity contribution in [1.29, 1.82) is 0 Å². The van der Waals surface area contributed by atoms with Crippen LogP contribution in [0.1, 0.15) is 42.1 Å². The summed E-state index contributed by atoms with van der Waals surface area (Å²) >= 11 is 2.71. The highest BCUT2D eigenvalue weighted by molar-refractivity contribution is 7.12. The van der Waals surface area contributed by atoms with Crippen LogP contribution in [-0.4, -0.2) is 28.4 Å². The van der Waals surface area contributed by atoms with Gasteiger partial charge in [0.2, 0.25) is 5.91 Å². The fourth-order valence-electron chi connectivity index (χ4n) is 6.30. The van der Waals surface area contributed by atoms with E-state index in [4.69, 9.17) is 0 Å². The molecule has 2 aromatic heterocycles. The number of carbonyl (C=O) groups excluding carboxylic acids is 3. The molecule has 1 fully saturated rings. The number of fused-ring (bicyclic) bond motifs is 6. The summed E-state index contributed by atoms with van der Waals surface area (Å²) in [7, 11) is 0. The number of anilines is 1. The molecule has 0 saturated carbocycles. The quantitative estimate of drug-likeness (QED) is 0.354. The van der Waals surface area contributed by atoms with Crippen LogP contribution in [0.25, 0.3) is 6.08 Å². The Hall–Kier alpha value is -3.81. The van der Waals surface area contributed by atoms with E-state index < -0.39 is 23.4 Å². The van der Waals surface area contributed by atoms with Crippen LogP contribution in [-0.2, 0) is 10.2 Å². The molecule has 7 heteroatoms. The van der Waals surface area contributed by atoms with Crippen LogP contribution in [0, 0.1) is 5.92 Å². The van der Waals surface area contributed by atoms with E-state index in [-0.39, 0.29) is 17.5 Å². The van der Waals surface area contributed by atoms with Gasteiger partial charge in [0.25, 0.3) is 0 Å². The average Bonchev–Trinajstić information content (AvgIpc) is 3.70. The molecule has 1 saturated heterocycles. The molecule has 0 bridgehead atoms. The van der Waals surface area contributed by atoms with E-state index in [1.165, 1.54) is 22.7 Å². The predicted molar refractivity (Wildman–Crippen MR) is 141 cm³/mol. The van der Waals surface area contributed by atoms with Gasteiger partial charge in [-0.05, 0) is 51.7 Å². The van der Waals surface area contributed by atoms with Crippen molar-refractivity contribution < 1.29 is 14.4 Å². The monoisotopic (exact) mass is 508 g/mol. The van der Waals surface area contributed by atoms with Gasteiger partial charge in [-0.2, -0.15) is 0 Å². The molecule has 5 heterocycles. The minimum Gasteiger partial charge on any atom is -0.358 e. The third-order valence-electron chi connectivity index (χ3n) is 7.65. The molecule has 0 aliphatic carbocycles. The molecule has 4 unspecified atom stereocenters. The van der Waals surface area contributed by atoms with Gasteiger partial charge in [0.15, 0.2) is 11.6 Å². The maximum Gasteiger partial charge on any atom is 0.238 e.